The summed E-state index contributed by atoms with van der Waals surface area (Å²) in [7, 11) is 0. The lowest BCUT2D eigenvalue weighted by molar-refractivity contribution is 0.501. The van der Waals surface area contributed by atoms with Gasteiger partial charge in [0, 0.05) is 21.4 Å². The van der Waals surface area contributed by atoms with Crippen molar-refractivity contribution in [3.05, 3.63) is 46.0 Å². The van der Waals surface area contributed by atoms with Gasteiger partial charge in [-0.25, -0.2) is 4.39 Å². The molecule has 2 rings (SSSR count). The molecule has 1 nitrogen and oxygen atoms in total. The van der Waals surface area contributed by atoms with Crippen LogP contribution in [0.3, 0.4) is 0 Å². The summed E-state index contributed by atoms with van der Waals surface area (Å²) in [5, 5.41) is 4.06. The van der Waals surface area contributed by atoms with Crippen molar-refractivity contribution in [2.24, 2.45) is 0 Å². The van der Waals surface area contributed by atoms with Crippen molar-refractivity contribution in [2.45, 2.75) is 39.2 Å². The van der Waals surface area contributed by atoms with Gasteiger partial charge in [-0.1, -0.05) is 31.9 Å². The largest absolute Gasteiger partial charge is 0.309 e. The van der Waals surface area contributed by atoms with Crippen molar-refractivity contribution < 1.29 is 4.39 Å². The zero-order valence-electron chi connectivity index (χ0n) is 12.5. The lowest BCUT2D eigenvalue weighted by Gasteiger charge is -2.16. The molecule has 0 fully saturated rings. The van der Waals surface area contributed by atoms with E-state index in [1.54, 1.807) is 17.4 Å². The molecule has 2 aromatic rings. The van der Waals surface area contributed by atoms with E-state index in [9.17, 15) is 4.39 Å². The molecule has 1 heterocycles. The Morgan fingerprint density at radius 3 is 2.67 bits per heavy atom. The Kier molecular flexibility index (Phi) is 6.22. The number of halogens is 2. The van der Waals surface area contributed by atoms with Gasteiger partial charge in [-0.3, -0.25) is 0 Å². The third kappa shape index (κ3) is 4.29. The van der Waals surface area contributed by atoms with Gasteiger partial charge >= 0.3 is 0 Å². The third-order valence-electron chi connectivity index (χ3n) is 3.38. The van der Waals surface area contributed by atoms with Crippen LogP contribution in [0.15, 0.2) is 30.3 Å². The van der Waals surface area contributed by atoms with Crippen LogP contribution in [0.2, 0.25) is 5.02 Å². The number of hydrogen-bond acceptors (Lipinski definition) is 2. The first-order chi connectivity index (χ1) is 10.2. The highest BCUT2D eigenvalue weighted by Gasteiger charge is 2.14. The van der Waals surface area contributed by atoms with Gasteiger partial charge < -0.3 is 5.32 Å². The highest BCUT2D eigenvalue weighted by atomic mass is 35.5. The van der Waals surface area contributed by atoms with E-state index in [1.807, 2.05) is 0 Å². The monoisotopic (exact) mass is 325 g/mol. The lowest BCUT2D eigenvalue weighted by atomic mass is 10.1. The first-order valence-electron chi connectivity index (χ1n) is 7.44. The van der Waals surface area contributed by atoms with Gasteiger partial charge in [0.1, 0.15) is 5.82 Å². The summed E-state index contributed by atoms with van der Waals surface area (Å²) in [6.45, 7) is 5.40. The van der Waals surface area contributed by atoms with Crippen LogP contribution >= 0.6 is 22.9 Å². The molecule has 114 valence electrons. The van der Waals surface area contributed by atoms with Crippen LogP contribution in [0.1, 0.15) is 44.0 Å². The van der Waals surface area contributed by atoms with Crippen LogP contribution in [0, 0.1) is 5.82 Å². The van der Waals surface area contributed by atoms with Crippen LogP contribution < -0.4 is 5.32 Å². The average molecular weight is 326 g/mol. The molecule has 0 aliphatic carbocycles. The molecule has 0 saturated heterocycles. The standard InChI is InChI=1S/C17H21ClFNS/c1-3-5-15(20-10-4-2)17-9-8-16(21-17)13-7-6-12(19)11-14(13)18/h6-9,11,15,20H,3-5,10H2,1-2H3. The minimum absolute atomic E-state index is 0.297. The molecule has 1 atom stereocenters. The minimum atomic E-state index is -0.297. The van der Waals surface area contributed by atoms with Crippen LogP contribution in [0.25, 0.3) is 10.4 Å². The molecule has 1 aromatic heterocycles. The normalized spacial score (nSPS) is 12.6. The first kappa shape index (κ1) is 16.5. The molecule has 0 aliphatic rings. The summed E-state index contributed by atoms with van der Waals surface area (Å²) in [6, 6.07) is 9.21. The predicted octanol–water partition coefficient (Wildman–Crippen LogP) is 6.05. The van der Waals surface area contributed by atoms with E-state index in [1.165, 1.54) is 17.0 Å². The highest BCUT2D eigenvalue weighted by Crippen LogP contribution is 2.36. The molecule has 0 spiro atoms. The van der Waals surface area contributed by atoms with Gasteiger partial charge in [-0.15, -0.1) is 11.3 Å². The summed E-state index contributed by atoms with van der Waals surface area (Å²) in [6.07, 6.45) is 3.39. The van der Waals surface area contributed by atoms with E-state index < -0.39 is 0 Å². The fraction of sp³-hybridized carbons (Fsp3) is 0.412. The van der Waals surface area contributed by atoms with Crippen molar-refractivity contribution in [2.75, 3.05) is 6.54 Å². The number of hydrogen-bond donors (Lipinski definition) is 1. The van der Waals surface area contributed by atoms with Gasteiger partial charge in [0.2, 0.25) is 0 Å². The van der Waals surface area contributed by atoms with Crippen LogP contribution in [0.5, 0.6) is 0 Å². The molecule has 21 heavy (non-hydrogen) atoms. The van der Waals surface area contributed by atoms with Crippen LogP contribution in [-0.2, 0) is 0 Å². The maximum atomic E-state index is 13.1. The minimum Gasteiger partial charge on any atom is -0.309 e. The Labute approximate surface area is 135 Å². The number of benzene rings is 1. The predicted molar refractivity (Wildman–Crippen MR) is 90.7 cm³/mol. The Hall–Kier alpha value is -0.900. The average Bonchev–Trinajstić information content (AvgIpc) is 2.93. The maximum absolute atomic E-state index is 13.1. The smallest absolute Gasteiger partial charge is 0.124 e. The summed E-state index contributed by atoms with van der Waals surface area (Å²) in [5.74, 6) is -0.297. The van der Waals surface area contributed by atoms with E-state index in [4.69, 9.17) is 11.6 Å². The number of nitrogens with one attached hydrogen (secondary N) is 1. The molecule has 0 amide bonds. The van der Waals surface area contributed by atoms with E-state index in [0.717, 1.165) is 36.2 Å². The zero-order chi connectivity index (χ0) is 15.2. The van der Waals surface area contributed by atoms with Gasteiger partial charge in [0.25, 0.3) is 0 Å². The summed E-state index contributed by atoms with van der Waals surface area (Å²) in [5.41, 5.74) is 0.903. The molecular weight excluding hydrogens is 305 g/mol. The molecule has 4 heteroatoms. The number of thiophene rings is 1. The number of rotatable bonds is 7. The Balaban J connectivity index is 2.22. The Morgan fingerprint density at radius 1 is 1.19 bits per heavy atom. The van der Waals surface area contributed by atoms with Crippen molar-refractivity contribution in [3.8, 4) is 10.4 Å². The second kappa shape index (κ2) is 7.92. The second-order valence-corrected chi connectivity index (χ2v) is 6.64. The van der Waals surface area contributed by atoms with E-state index in [2.05, 4.69) is 31.3 Å². The zero-order valence-corrected chi connectivity index (χ0v) is 14.0. The van der Waals surface area contributed by atoms with Gasteiger partial charge in [0.15, 0.2) is 0 Å². The third-order valence-corrected chi connectivity index (χ3v) is 4.93. The van der Waals surface area contributed by atoms with Crippen molar-refractivity contribution in [1.82, 2.24) is 5.32 Å². The maximum Gasteiger partial charge on any atom is 0.124 e. The van der Waals surface area contributed by atoms with Crippen molar-refractivity contribution >= 4 is 22.9 Å². The van der Waals surface area contributed by atoms with Crippen LogP contribution in [0.4, 0.5) is 4.39 Å². The molecular formula is C17H21ClFNS. The summed E-state index contributed by atoms with van der Waals surface area (Å²) < 4.78 is 13.1. The van der Waals surface area contributed by atoms with Crippen molar-refractivity contribution in [3.63, 3.8) is 0 Å². The van der Waals surface area contributed by atoms with E-state index in [0.29, 0.717) is 11.1 Å². The molecule has 0 bridgehead atoms. The Morgan fingerprint density at radius 2 is 2.00 bits per heavy atom. The fourth-order valence-corrected chi connectivity index (χ4v) is 3.81. The summed E-state index contributed by atoms with van der Waals surface area (Å²) in [4.78, 5) is 2.41. The first-order valence-corrected chi connectivity index (χ1v) is 8.63. The van der Waals surface area contributed by atoms with Crippen molar-refractivity contribution in [1.29, 1.82) is 0 Å². The molecule has 1 aromatic carbocycles. The van der Waals surface area contributed by atoms with Gasteiger partial charge in [0.05, 0.1) is 5.02 Å². The highest BCUT2D eigenvalue weighted by molar-refractivity contribution is 7.15. The van der Waals surface area contributed by atoms with Crippen LogP contribution in [-0.4, -0.2) is 6.54 Å². The van der Waals surface area contributed by atoms with Gasteiger partial charge in [-0.2, -0.15) is 0 Å². The molecule has 0 aliphatic heterocycles. The SMILES string of the molecule is CCCNC(CCC)c1ccc(-c2ccc(F)cc2Cl)s1. The fourth-order valence-electron chi connectivity index (χ4n) is 2.33. The van der Waals surface area contributed by atoms with E-state index >= 15 is 0 Å². The topological polar surface area (TPSA) is 12.0 Å². The quantitative estimate of drug-likeness (QED) is 0.653. The van der Waals surface area contributed by atoms with Gasteiger partial charge in [-0.05, 0) is 49.7 Å². The summed E-state index contributed by atoms with van der Waals surface area (Å²) >= 11 is 7.88. The molecule has 1 N–H and O–H groups in total. The lowest BCUT2D eigenvalue weighted by Crippen LogP contribution is -2.21. The molecule has 0 saturated carbocycles. The Bertz CT molecular complexity index is 582. The molecule has 0 radical (unpaired) electrons. The second-order valence-electron chi connectivity index (χ2n) is 5.12. The van der Waals surface area contributed by atoms with E-state index in [-0.39, 0.29) is 5.82 Å². The molecule has 1 unspecified atom stereocenters.